The molecule has 0 saturated carbocycles. The number of phenolic OH excluding ortho intramolecular Hbond substituents is 1. The van der Waals surface area contributed by atoms with Crippen LogP contribution in [0.3, 0.4) is 0 Å². The molecule has 2 aromatic carbocycles. The summed E-state index contributed by atoms with van der Waals surface area (Å²) in [4.78, 5) is 11.3. The highest BCUT2D eigenvalue weighted by molar-refractivity contribution is 5.89. The molecule has 2 atom stereocenters. The Kier molecular flexibility index (Phi) is 4.41. The van der Waals surface area contributed by atoms with Gasteiger partial charge in [-0.3, -0.25) is 0 Å². The summed E-state index contributed by atoms with van der Waals surface area (Å²) < 4.78 is 16.3. The molecular weight excluding hydrogens is 328 g/mol. The van der Waals surface area contributed by atoms with E-state index < -0.39 is 18.0 Å². The minimum Gasteiger partial charge on any atom is -0.504 e. The number of ether oxygens (including phenoxy) is 3. The van der Waals surface area contributed by atoms with Crippen molar-refractivity contribution >= 4 is 5.97 Å². The number of fused-ring (bicyclic) bond motifs is 1. The number of hydrogen-bond donors (Lipinski definition) is 3. The number of aromatic hydroxyl groups is 1. The van der Waals surface area contributed by atoms with Crippen molar-refractivity contribution in [3.63, 3.8) is 0 Å². The van der Waals surface area contributed by atoms with Crippen LogP contribution in [0.1, 0.15) is 33.5 Å². The second kappa shape index (κ2) is 6.52. The zero-order valence-electron chi connectivity index (χ0n) is 13.7. The number of methoxy groups -OCH3 is 2. The highest BCUT2D eigenvalue weighted by atomic mass is 16.5. The van der Waals surface area contributed by atoms with Gasteiger partial charge in [0, 0.05) is 5.56 Å². The second-order valence-electron chi connectivity index (χ2n) is 5.66. The third-order valence-corrected chi connectivity index (χ3v) is 4.29. The molecule has 1 heterocycles. The van der Waals surface area contributed by atoms with Gasteiger partial charge in [-0.25, -0.2) is 4.79 Å². The molecule has 0 fully saturated rings. The molecule has 0 aliphatic carbocycles. The molecule has 0 spiro atoms. The van der Waals surface area contributed by atoms with E-state index >= 15 is 0 Å². The zero-order valence-corrected chi connectivity index (χ0v) is 13.7. The topological polar surface area (TPSA) is 105 Å². The molecule has 2 aromatic rings. The minimum atomic E-state index is -1.09. The largest absolute Gasteiger partial charge is 0.504 e. The van der Waals surface area contributed by atoms with Crippen molar-refractivity contribution in [1.82, 2.24) is 0 Å². The molecule has 0 radical (unpaired) electrons. The van der Waals surface area contributed by atoms with E-state index in [4.69, 9.17) is 14.2 Å². The first-order chi connectivity index (χ1) is 12.0. The van der Waals surface area contributed by atoms with Crippen LogP contribution in [0.25, 0.3) is 0 Å². The molecule has 0 bridgehead atoms. The fourth-order valence-electron chi connectivity index (χ4n) is 3.04. The van der Waals surface area contributed by atoms with Gasteiger partial charge in [0.2, 0.25) is 0 Å². The van der Waals surface area contributed by atoms with Crippen LogP contribution in [0.15, 0.2) is 30.3 Å². The first-order valence-corrected chi connectivity index (χ1v) is 7.59. The van der Waals surface area contributed by atoms with Crippen LogP contribution in [0.5, 0.6) is 23.0 Å². The minimum absolute atomic E-state index is 0.00643. The van der Waals surface area contributed by atoms with Gasteiger partial charge in [0.1, 0.15) is 6.10 Å². The van der Waals surface area contributed by atoms with Gasteiger partial charge in [-0.05, 0) is 29.8 Å². The molecule has 132 valence electrons. The van der Waals surface area contributed by atoms with E-state index in [1.165, 1.54) is 32.4 Å². The first kappa shape index (κ1) is 16.9. The van der Waals surface area contributed by atoms with Crippen molar-refractivity contribution in [1.29, 1.82) is 0 Å². The third kappa shape index (κ3) is 2.83. The highest BCUT2D eigenvalue weighted by Crippen LogP contribution is 2.51. The lowest BCUT2D eigenvalue weighted by molar-refractivity contribution is 0.0696. The van der Waals surface area contributed by atoms with Gasteiger partial charge < -0.3 is 29.5 Å². The van der Waals surface area contributed by atoms with E-state index in [0.717, 1.165) is 0 Å². The summed E-state index contributed by atoms with van der Waals surface area (Å²) in [5.74, 6) is -0.588. The lowest BCUT2D eigenvalue weighted by Gasteiger charge is -2.18. The fourth-order valence-corrected chi connectivity index (χ4v) is 3.04. The van der Waals surface area contributed by atoms with E-state index in [2.05, 4.69) is 0 Å². The summed E-state index contributed by atoms with van der Waals surface area (Å²) in [5.41, 5.74) is 1.31. The van der Waals surface area contributed by atoms with Crippen molar-refractivity contribution in [2.75, 3.05) is 20.8 Å². The van der Waals surface area contributed by atoms with Crippen molar-refractivity contribution in [2.45, 2.75) is 12.0 Å². The van der Waals surface area contributed by atoms with E-state index in [9.17, 15) is 20.1 Å². The maximum atomic E-state index is 11.3. The number of carboxylic acids is 1. The van der Waals surface area contributed by atoms with Crippen LogP contribution in [-0.2, 0) is 0 Å². The number of carboxylic acid groups (broad SMARTS) is 1. The van der Waals surface area contributed by atoms with Gasteiger partial charge in [0.25, 0.3) is 0 Å². The number of hydrogen-bond acceptors (Lipinski definition) is 6. The Hall–Kier alpha value is -2.93. The van der Waals surface area contributed by atoms with Crippen LogP contribution in [-0.4, -0.2) is 42.1 Å². The molecule has 7 heteroatoms. The molecule has 0 saturated heterocycles. The van der Waals surface area contributed by atoms with Gasteiger partial charge in [0.05, 0.1) is 32.3 Å². The van der Waals surface area contributed by atoms with Gasteiger partial charge in [0.15, 0.2) is 23.0 Å². The Balaban J connectivity index is 2.08. The Labute approximate surface area is 144 Å². The Morgan fingerprint density at radius 3 is 2.48 bits per heavy atom. The predicted octanol–water partition coefficient (Wildman–Crippen LogP) is 2.32. The molecule has 1 aliphatic heterocycles. The molecule has 1 aliphatic rings. The fraction of sp³-hybridized carbons (Fsp3) is 0.278. The average Bonchev–Trinajstić information content (AvgIpc) is 2.99. The van der Waals surface area contributed by atoms with Crippen molar-refractivity contribution in [3.8, 4) is 23.0 Å². The number of rotatable bonds is 5. The molecule has 3 N–H and O–H groups in total. The van der Waals surface area contributed by atoms with E-state index in [1.54, 1.807) is 12.1 Å². The van der Waals surface area contributed by atoms with E-state index in [-0.39, 0.29) is 23.7 Å². The van der Waals surface area contributed by atoms with Crippen LogP contribution in [0.4, 0.5) is 0 Å². The van der Waals surface area contributed by atoms with Gasteiger partial charge >= 0.3 is 5.97 Å². The smallest absolute Gasteiger partial charge is 0.335 e. The van der Waals surface area contributed by atoms with Gasteiger partial charge in [-0.15, -0.1) is 0 Å². The molecule has 0 amide bonds. The number of carbonyl (C=O) groups is 1. The number of phenols is 1. The number of benzene rings is 2. The lowest BCUT2D eigenvalue weighted by atomic mass is 9.90. The van der Waals surface area contributed by atoms with Crippen molar-refractivity contribution in [2.24, 2.45) is 0 Å². The predicted molar refractivity (Wildman–Crippen MR) is 87.8 cm³/mol. The SMILES string of the molecule is COc1cc([C@H]2Oc3c(OC)cc(C(=O)O)cc3[C@@H]2CO)ccc1O. The van der Waals surface area contributed by atoms with E-state index in [1.807, 2.05) is 0 Å². The van der Waals surface area contributed by atoms with Crippen LogP contribution in [0, 0.1) is 0 Å². The highest BCUT2D eigenvalue weighted by Gasteiger charge is 2.38. The van der Waals surface area contributed by atoms with Crippen molar-refractivity contribution < 1.29 is 34.3 Å². The molecular formula is C18H18O7. The second-order valence-corrected chi connectivity index (χ2v) is 5.66. The molecule has 25 heavy (non-hydrogen) atoms. The monoisotopic (exact) mass is 346 g/mol. The van der Waals surface area contributed by atoms with Crippen LogP contribution >= 0.6 is 0 Å². The summed E-state index contributed by atoms with van der Waals surface area (Å²) in [6, 6.07) is 7.64. The van der Waals surface area contributed by atoms with Crippen LogP contribution in [0.2, 0.25) is 0 Å². The molecule has 0 unspecified atom stereocenters. The summed E-state index contributed by atoms with van der Waals surface area (Å²) in [6.07, 6.45) is -0.563. The normalized spacial score (nSPS) is 18.4. The molecule has 7 nitrogen and oxygen atoms in total. The Morgan fingerprint density at radius 1 is 1.16 bits per heavy atom. The van der Waals surface area contributed by atoms with Crippen LogP contribution < -0.4 is 14.2 Å². The maximum absolute atomic E-state index is 11.3. The number of aliphatic hydroxyl groups excluding tert-OH is 1. The first-order valence-electron chi connectivity index (χ1n) is 7.59. The van der Waals surface area contributed by atoms with Crippen molar-refractivity contribution in [3.05, 3.63) is 47.0 Å². The number of aliphatic hydroxyl groups is 1. The van der Waals surface area contributed by atoms with E-state index in [0.29, 0.717) is 22.6 Å². The standard InChI is InChI=1S/C18H18O7/c1-23-14-6-9(3-4-13(14)20)16-12(8-19)11-5-10(18(21)22)7-15(24-2)17(11)25-16/h3-7,12,16,19-20H,8H2,1-2H3,(H,21,22)/t12-,16+/m0/s1. The lowest BCUT2D eigenvalue weighted by Crippen LogP contribution is -2.13. The Morgan fingerprint density at radius 2 is 1.88 bits per heavy atom. The number of aromatic carboxylic acids is 1. The third-order valence-electron chi connectivity index (χ3n) is 4.29. The quantitative estimate of drug-likeness (QED) is 0.763. The zero-order chi connectivity index (χ0) is 18.1. The summed E-state index contributed by atoms with van der Waals surface area (Å²) >= 11 is 0. The summed E-state index contributed by atoms with van der Waals surface area (Å²) in [7, 11) is 2.87. The molecule has 0 aromatic heterocycles. The van der Waals surface area contributed by atoms with Gasteiger partial charge in [-0.2, -0.15) is 0 Å². The summed E-state index contributed by atoms with van der Waals surface area (Å²) in [6.45, 7) is -0.243. The van der Waals surface area contributed by atoms with Gasteiger partial charge in [-0.1, -0.05) is 6.07 Å². The maximum Gasteiger partial charge on any atom is 0.335 e. The molecule has 3 rings (SSSR count). The summed E-state index contributed by atoms with van der Waals surface area (Å²) in [5, 5.41) is 28.9. The average molecular weight is 346 g/mol. The Bertz CT molecular complexity index is 815.